The number of rotatable bonds is 3. The second-order valence-corrected chi connectivity index (χ2v) is 8.72. The maximum Gasteiger partial charge on any atom is 0.321 e. The molecule has 1 saturated heterocycles. The molecule has 0 radical (unpaired) electrons. The van der Waals surface area contributed by atoms with E-state index in [1.165, 1.54) is 0 Å². The van der Waals surface area contributed by atoms with Crippen molar-refractivity contribution in [3.8, 4) is 10.6 Å². The Morgan fingerprint density at radius 1 is 1.30 bits per heavy atom. The summed E-state index contributed by atoms with van der Waals surface area (Å²) >= 11 is 5.13. The van der Waals surface area contributed by atoms with Crippen molar-refractivity contribution in [1.29, 1.82) is 0 Å². The maximum atomic E-state index is 12.5. The van der Waals surface area contributed by atoms with Gasteiger partial charge in [-0.2, -0.15) is 0 Å². The van der Waals surface area contributed by atoms with Gasteiger partial charge < -0.3 is 15.3 Å². The molecule has 0 aliphatic carbocycles. The lowest BCUT2D eigenvalue weighted by Crippen LogP contribution is -2.43. The van der Waals surface area contributed by atoms with Crippen molar-refractivity contribution in [2.45, 2.75) is 12.8 Å². The lowest BCUT2D eigenvalue weighted by molar-refractivity contribution is 0.136. The van der Waals surface area contributed by atoms with Gasteiger partial charge >= 0.3 is 6.03 Å². The van der Waals surface area contributed by atoms with Crippen LogP contribution in [0, 0.1) is 5.92 Å². The molecule has 140 valence electrons. The topological polar surface area (TPSA) is 65.5 Å². The molecule has 27 heavy (non-hydrogen) atoms. The number of aromatic nitrogens is 1. The standard InChI is InChI=1S/C20H20BrN3O2S/c21-15-5-8-18-17(10-15)23-19(27-18)14-3-6-16(7-4-14)22-20(26)24-9-1-2-13(11-24)12-25/h3-8,10,13,25H,1-2,9,11-12H2,(H,22,26)/t13-/m1/s1. The Kier molecular flexibility index (Phi) is 5.43. The highest BCUT2D eigenvalue weighted by molar-refractivity contribution is 9.10. The number of likely N-dealkylation sites (tertiary alicyclic amines) is 1. The van der Waals surface area contributed by atoms with Crippen molar-refractivity contribution < 1.29 is 9.90 Å². The van der Waals surface area contributed by atoms with E-state index >= 15 is 0 Å². The summed E-state index contributed by atoms with van der Waals surface area (Å²) < 4.78 is 2.17. The fourth-order valence-corrected chi connectivity index (χ4v) is 4.62. The Morgan fingerprint density at radius 3 is 2.89 bits per heavy atom. The smallest absolute Gasteiger partial charge is 0.321 e. The number of urea groups is 1. The summed E-state index contributed by atoms with van der Waals surface area (Å²) in [5.41, 5.74) is 2.77. The molecule has 1 aliphatic rings. The number of aliphatic hydroxyl groups is 1. The molecule has 2 aromatic carbocycles. The summed E-state index contributed by atoms with van der Waals surface area (Å²) in [5.74, 6) is 0.186. The average Bonchev–Trinajstić information content (AvgIpc) is 3.11. The Hall–Kier alpha value is -1.96. The Morgan fingerprint density at radius 2 is 2.11 bits per heavy atom. The number of benzene rings is 2. The van der Waals surface area contributed by atoms with E-state index in [9.17, 15) is 9.90 Å². The summed E-state index contributed by atoms with van der Waals surface area (Å²) in [7, 11) is 0. The summed E-state index contributed by atoms with van der Waals surface area (Å²) in [6.45, 7) is 1.49. The molecule has 0 bridgehead atoms. The lowest BCUT2D eigenvalue weighted by Gasteiger charge is -2.31. The van der Waals surface area contributed by atoms with E-state index < -0.39 is 0 Å². The van der Waals surface area contributed by atoms with Crippen molar-refractivity contribution in [2.24, 2.45) is 5.92 Å². The van der Waals surface area contributed by atoms with Gasteiger partial charge in [0.1, 0.15) is 5.01 Å². The minimum absolute atomic E-state index is 0.106. The van der Waals surface area contributed by atoms with Crippen LogP contribution in [0.3, 0.4) is 0 Å². The predicted molar refractivity (Wildman–Crippen MR) is 113 cm³/mol. The van der Waals surface area contributed by atoms with Crippen LogP contribution in [0.5, 0.6) is 0 Å². The molecular formula is C20H20BrN3O2S. The SMILES string of the molecule is O=C(Nc1ccc(-c2nc3cc(Br)ccc3s2)cc1)N1CCC[C@@H](CO)C1. The first kappa shape index (κ1) is 18.4. The van der Waals surface area contributed by atoms with Gasteiger partial charge in [0.25, 0.3) is 0 Å². The minimum atomic E-state index is -0.106. The first-order valence-electron chi connectivity index (χ1n) is 8.96. The molecule has 4 rings (SSSR count). The number of nitrogens with zero attached hydrogens (tertiary/aromatic N) is 2. The molecule has 3 aromatic rings. The third-order valence-electron chi connectivity index (χ3n) is 4.80. The first-order valence-corrected chi connectivity index (χ1v) is 10.6. The number of carbonyl (C=O) groups is 1. The molecule has 0 saturated carbocycles. The molecular weight excluding hydrogens is 426 g/mol. The lowest BCUT2D eigenvalue weighted by atomic mass is 9.99. The van der Waals surface area contributed by atoms with Gasteiger partial charge in [-0.05, 0) is 61.2 Å². The fourth-order valence-electron chi connectivity index (χ4n) is 3.32. The third-order valence-corrected chi connectivity index (χ3v) is 6.38. The first-order chi connectivity index (χ1) is 13.1. The second kappa shape index (κ2) is 7.96. The van der Waals surface area contributed by atoms with Gasteiger partial charge in [-0.25, -0.2) is 9.78 Å². The Bertz CT molecular complexity index is 958. The molecule has 1 atom stereocenters. The van der Waals surface area contributed by atoms with Crippen molar-refractivity contribution in [3.63, 3.8) is 0 Å². The zero-order valence-corrected chi connectivity index (χ0v) is 17.1. The monoisotopic (exact) mass is 445 g/mol. The maximum absolute atomic E-state index is 12.5. The number of fused-ring (bicyclic) bond motifs is 1. The highest BCUT2D eigenvalue weighted by Gasteiger charge is 2.23. The van der Waals surface area contributed by atoms with Gasteiger partial charge in [-0.3, -0.25) is 0 Å². The number of nitrogens with one attached hydrogen (secondary N) is 1. The zero-order valence-electron chi connectivity index (χ0n) is 14.7. The van der Waals surface area contributed by atoms with Gasteiger partial charge in [0, 0.05) is 35.4 Å². The number of amides is 2. The number of aliphatic hydroxyl groups excluding tert-OH is 1. The summed E-state index contributed by atoms with van der Waals surface area (Å²) in [6, 6.07) is 13.8. The van der Waals surface area contributed by atoms with Crippen LogP contribution in [0.25, 0.3) is 20.8 Å². The van der Waals surface area contributed by atoms with Gasteiger partial charge in [0.15, 0.2) is 0 Å². The molecule has 7 heteroatoms. The highest BCUT2D eigenvalue weighted by atomic mass is 79.9. The number of piperidine rings is 1. The summed E-state index contributed by atoms with van der Waals surface area (Å²) in [6.07, 6.45) is 1.92. The van der Waals surface area contributed by atoms with Crippen LogP contribution in [-0.4, -0.2) is 40.7 Å². The quantitative estimate of drug-likeness (QED) is 0.598. The van der Waals surface area contributed by atoms with Gasteiger partial charge in [0.05, 0.1) is 10.2 Å². The number of thiazole rings is 1. The Balaban J connectivity index is 1.46. The normalized spacial score (nSPS) is 17.3. The molecule has 1 aromatic heterocycles. The number of hydrogen-bond acceptors (Lipinski definition) is 4. The van der Waals surface area contributed by atoms with Gasteiger partial charge in [0.2, 0.25) is 0 Å². The van der Waals surface area contributed by atoms with E-state index in [1.54, 1.807) is 16.2 Å². The summed E-state index contributed by atoms with van der Waals surface area (Å²) in [4.78, 5) is 18.9. The van der Waals surface area contributed by atoms with Crippen LogP contribution in [0.2, 0.25) is 0 Å². The van der Waals surface area contributed by atoms with Gasteiger partial charge in [-0.1, -0.05) is 15.9 Å². The van der Waals surface area contributed by atoms with Crippen LogP contribution in [-0.2, 0) is 0 Å². The van der Waals surface area contributed by atoms with E-state index in [-0.39, 0.29) is 18.6 Å². The van der Waals surface area contributed by atoms with Crippen molar-refractivity contribution in [1.82, 2.24) is 9.88 Å². The van der Waals surface area contributed by atoms with Crippen LogP contribution >= 0.6 is 27.3 Å². The van der Waals surface area contributed by atoms with E-state index in [2.05, 4.69) is 27.3 Å². The van der Waals surface area contributed by atoms with Crippen molar-refractivity contribution in [2.75, 3.05) is 25.0 Å². The molecule has 1 aliphatic heterocycles. The van der Waals surface area contributed by atoms with Gasteiger partial charge in [-0.15, -0.1) is 11.3 Å². The fraction of sp³-hybridized carbons (Fsp3) is 0.300. The van der Waals surface area contributed by atoms with E-state index in [4.69, 9.17) is 4.98 Å². The van der Waals surface area contributed by atoms with Crippen LogP contribution in [0.15, 0.2) is 46.9 Å². The molecule has 5 nitrogen and oxygen atoms in total. The number of carbonyl (C=O) groups excluding carboxylic acids is 1. The third kappa shape index (κ3) is 4.15. The predicted octanol–water partition coefficient (Wildman–Crippen LogP) is 4.96. The summed E-state index contributed by atoms with van der Waals surface area (Å²) in [5, 5.41) is 13.2. The van der Waals surface area contributed by atoms with E-state index in [1.807, 2.05) is 36.4 Å². The molecule has 1 fully saturated rings. The van der Waals surface area contributed by atoms with Crippen molar-refractivity contribution in [3.05, 3.63) is 46.9 Å². The van der Waals surface area contributed by atoms with Crippen molar-refractivity contribution >= 4 is 49.2 Å². The Labute approximate surface area is 170 Å². The molecule has 2 heterocycles. The van der Waals surface area contributed by atoms with Crippen LogP contribution in [0.4, 0.5) is 10.5 Å². The second-order valence-electron chi connectivity index (χ2n) is 6.78. The zero-order chi connectivity index (χ0) is 18.8. The minimum Gasteiger partial charge on any atom is -0.396 e. The van der Waals surface area contributed by atoms with E-state index in [0.717, 1.165) is 50.3 Å². The van der Waals surface area contributed by atoms with Crippen LogP contribution < -0.4 is 5.32 Å². The highest BCUT2D eigenvalue weighted by Crippen LogP contribution is 2.32. The molecule has 2 amide bonds. The number of anilines is 1. The largest absolute Gasteiger partial charge is 0.396 e. The molecule has 2 N–H and O–H groups in total. The van der Waals surface area contributed by atoms with Crippen LogP contribution in [0.1, 0.15) is 12.8 Å². The molecule has 0 spiro atoms. The number of halogens is 1. The number of hydrogen-bond donors (Lipinski definition) is 2. The van der Waals surface area contributed by atoms with E-state index in [0.29, 0.717) is 6.54 Å². The average molecular weight is 446 g/mol. The molecule has 0 unspecified atom stereocenters.